The Labute approximate surface area is 251 Å². The molecule has 232 valence electrons. The Bertz CT molecular complexity index is 1300. The maximum Gasteiger partial charge on any atom is 0.416 e. The van der Waals surface area contributed by atoms with Gasteiger partial charge in [-0.15, -0.1) is 0 Å². The fourth-order valence-electron chi connectivity index (χ4n) is 7.94. The number of piperidine rings is 1. The number of nitrogens with zero attached hydrogens (tertiary/aromatic N) is 1. The van der Waals surface area contributed by atoms with E-state index < -0.39 is 23.7 Å². The van der Waals surface area contributed by atoms with Gasteiger partial charge >= 0.3 is 6.18 Å². The third-order valence-electron chi connectivity index (χ3n) is 10.2. The van der Waals surface area contributed by atoms with Gasteiger partial charge in [0.1, 0.15) is 0 Å². The van der Waals surface area contributed by atoms with Crippen molar-refractivity contribution < 1.29 is 27.5 Å². The first-order valence-electron chi connectivity index (χ1n) is 15.9. The van der Waals surface area contributed by atoms with Gasteiger partial charge < -0.3 is 20.3 Å². The molecule has 4 atom stereocenters. The molecule has 2 heterocycles. The number of alkyl halides is 3. The first kappa shape index (κ1) is 30.0. The quantitative estimate of drug-likeness (QED) is 0.362. The van der Waals surface area contributed by atoms with Gasteiger partial charge in [0.2, 0.25) is 11.8 Å². The molecule has 4 aliphatic rings. The average Bonchev–Trinajstić information content (AvgIpc) is 3.69. The van der Waals surface area contributed by atoms with Crippen molar-refractivity contribution in [3.05, 3.63) is 59.2 Å². The van der Waals surface area contributed by atoms with Crippen molar-refractivity contribution in [3.8, 4) is 0 Å². The molecule has 0 aromatic heterocycles. The van der Waals surface area contributed by atoms with Crippen LogP contribution in [0.25, 0.3) is 0 Å². The Hall–Kier alpha value is -3.07. The molecule has 2 saturated heterocycles. The van der Waals surface area contributed by atoms with E-state index in [4.69, 9.17) is 4.74 Å². The highest BCUT2D eigenvalue weighted by Crippen LogP contribution is 2.49. The molecule has 6 rings (SSSR count). The van der Waals surface area contributed by atoms with Gasteiger partial charge in [0, 0.05) is 42.6 Å². The number of hydrogen-bond donors (Lipinski definition) is 2. The van der Waals surface area contributed by atoms with Crippen LogP contribution in [-0.4, -0.2) is 42.0 Å². The lowest BCUT2D eigenvalue weighted by Crippen LogP contribution is -2.55. The molecule has 2 aliphatic heterocycles. The monoisotopic (exact) mass is 597 g/mol. The molecule has 43 heavy (non-hydrogen) atoms. The van der Waals surface area contributed by atoms with Gasteiger partial charge in [-0.1, -0.05) is 37.5 Å². The van der Waals surface area contributed by atoms with Crippen molar-refractivity contribution in [1.82, 2.24) is 4.90 Å². The fourth-order valence-corrected chi connectivity index (χ4v) is 7.94. The van der Waals surface area contributed by atoms with Crippen LogP contribution in [0.1, 0.15) is 86.9 Å². The number of aryl methyl sites for hydroxylation is 1. The summed E-state index contributed by atoms with van der Waals surface area (Å²) in [6.07, 6.45) is 4.98. The Morgan fingerprint density at radius 2 is 1.58 bits per heavy atom. The Balaban J connectivity index is 1.34. The molecule has 9 heteroatoms. The second-order valence-corrected chi connectivity index (χ2v) is 12.9. The first-order chi connectivity index (χ1) is 20.7. The lowest BCUT2D eigenvalue weighted by Gasteiger charge is -2.49. The molecular weight excluding hydrogens is 555 g/mol. The Morgan fingerprint density at radius 3 is 2.28 bits per heavy atom. The van der Waals surface area contributed by atoms with Crippen LogP contribution < -0.4 is 10.6 Å². The van der Waals surface area contributed by atoms with Crippen molar-refractivity contribution in [2.75, 3.05) is 23.8 Å². The second kappa shape index (κ2) is 12.5. The zero-order valence-corrected chi connectivity index (χ0v) is 24.8. The lowest BCUT2D eigenvalue weighted by molar-refractivity contribution is -0.152. The molecule has 2 amide bonds. The van der Waals surface area contributed by atoms with E-state index in [2.05, 4.69) is 10.6 Å². The normalized spacial score (nSPS) is 26.7. The van der Waals surface area contributed by atoms with Crippen LogP contribution in [-0.2, 0) is 20.5 Å². The highest BCUT2D eigenvalue weighted by atomic mass is 19.4. The van der Waals surface area contributed by atoms with Crippen molar-refractivity contribution in [1.29, 1.82) is 0 Å². The SMILES string of the molecule is Cc1ccc(NC(=O)C2C[C@@H]3CCC[C@@H]3N(C(=O)C3CCOCC3)C2c2ccc(NC3CCCC3)cc2)cc1C(F)(F)F. The molecule has 2 saturated carbocycles. The summed E-state index contributed by atoms with van der Waals surface area (Å²) in [4.78, 5) is 30.4. The van der Waals surface area contributed by atoms with E-state index in [1.54, 1.807) is 0 Å². The minimum atomic E-state index is -4.52. The van der Waals surface area contributed by atoms with E-state index >= 15 is 0 Å². The largest absolute Gasteiger partial charge is 0.416 e. The van der Waals surface area contributed by atoms with E-state index in [-0.39, 0.29) is 40.9 Å². The van der Waals surface area contributed by atoms with Gasteiger partial charge in [-0.05, 0) is 93.2 Å². The van der Waals surface area contributed by atoms with Crippen LogP contribution in [0.4, 0.5) is 24.5 Å². The smallest absolute Gasteiger partial charge is 0.382 e. The standard InChI is InChI=1S/C34H42F3N3O3/c1-21-9-12-27(20-29(21)34(35,36)37)39-32(41)28-19-24-5-4-8-30(24)40(33(42)23-15-17-43-18-16-23)31(28)22-10-13-26(14-11-22)38-25-6-2-3-7-25/h9-14,20,23-25,28,30-31,38H,2-8,15-19H2,1H3,(H,39,41)/t24-,28?,30-,31?/m0/s1. The third kappa shape index (κ3) is 6.42. The molecule has 4 fully saturated rings. The molecule has 2 unspecified atom stereocenters. The fraction of sp³-hybridized carbons (Fsp3) is 0.588. The van der Waals surface area contributed by atoms with E-state index in [9.17, 15) is 22.8 Å². The van der Waals surface area contributed by atoms with Crippen LogP contribution in [0, 0.1) is 24.7 Å². The zero-order valence-electron chi connectivity index (χ0n) is 24.8. The lowest BCUT2D eigenvalue weighted by atomic mass is 9.75. The number of nitrogens with one attached hydrogen (secondary N) is 2. The van der Waals surface area contributed by atoms with Crippen molar-refractivity contribution in [2.45, 2.75) is 95.4 Å². The number of rotatable bonds is 6. The molecule has 2 N–H and O–H groups in total. The molecule has 0 bridgehead atoms. The summed E-state index contributed by atoms with van der Waals surface area (Å²) in [6, 6.07) is 12.1. The number of anilines is 2. The van der Waals surface area contributed by atoms with Gasteiger partial charge in [-0.25, -0.2) is 0 Å². The number of fused-ring (bicyclic) bond motifs is 1. The molecule has 0 spiro atoms. The number of carbonyl (C=O) groups excluding carboxylic acids is 2. The van der Waals surface area contributed by atoms with Gasteiger partial charge in [0.05, 0.1) is 17.5 Å². The van der Waals surface area contributed by atoms with Gasteiger partial charge in [0.15, 0.2) is 0 Å². The van der Waals surface area contributed by atoms with Crippen LogP contribution in [0.3, 0.4) is 0 Å². The van der Waals surface area contributed by atoms with Crippen LogP contribution in [0.15, 0.2) is 42.5 Å². The number of halogens is 3. The zero-order chi connectivity index (χ0) is 30.1. The molecule has 2 aromatic carbocycles. The highest BCUT2D eigenvalue weighted by Gasteiger charge is 2.50. The van der Waals surface area contributed by atoms with Crippen LogP contribution in [0.5, 0.6) is 0 Å². The average molecular weight is 598 g/mol. The summed E-state index contributed by atoms with van der Waals surface area (Å²) in [5.41, 5.74) is 1.38. The van der Waals surface area contributed by atoms with E-state index in [1.165, 1.54) is 31.9 Å². The second-order valence-electron chi connectivity index (χ2n) is 12.9. The van der Waals surface area contributed by atoms with Crippen LogP contribution >= 0.6 is 0 Å². The summed E-state index contributed by atoms with van der Waals surface area (Å²) in [6.45, 7) is 2.50. The van der Waals surface area contributed by atoms with Gasteiger partial charge in [0.25, 0.3) is 0 Å². The van der Waals surface area contributed by atoms with Crippen LogP contribution in [0.2, 0.25) is 0 Å². The van der Waals surface area contributed by atoms with E-state index in [0.29, 0.717) is 38.5 Å². The number of ether oxygens (including phenoxy) is 1. The Kier molecular flexibility index (Phi) is 8.72. The number of benzene rings is 2. The molecule has 6 nitrogen and oxygen atoms in total. The number of carbonyl (C=O) groups is 2. The van der Waals surface area contributed by atoms with Crippen molar-refractivity contribution in [2.24, 2.45) is 17.8 Å². The predicted octanol–water partition coefficient (Wildman–Crippen LogP) is 7.49. The molecular formula is C34H42F3N3O3. The minimum absolute atomic E-state index is 0.0527. The number of amides is 2. The summed E-state index contributed by atoms with van der Waals surface area (Å²) in [5, 5.41) is 6.44. The topological polar surface area (TPSA) is 70.7 Å². The molecule has 2 aromatic rings. The summed E-state index contributed by atoms with van der Waals surface area (Å²) in [5.74, 6) is -0.833. The van der Waals surface area contributed by atoms with Gasteiger partial charge in [-0.3, -0.25) is 9.59 Å². The van der Waals surface area contributed by atoms with Gasteiger partial charge in [-0.2, -0.15) is 13.2 Å². The highest BCUT2D eigenvalue weighted by molar-refractivity contribution is 5.94. The number of hydrogen-bond acceptors (Lipinski definition) is 4. The van der Waals surface area contributed by atoms with Crippen molar-refractivity contribution in [3.63, 3.8) is 0 Å². The maximum atomic E-state index is 14.3. The summed E-state index contributed by atoms with van der Waals surface area (Å²) >= 11 is 0. The van der Waals surface area contributed by atoms with E-state index in [1.807, 2.05) is 29.2 Å². The van der Waals surface area contributed by atoms with Crippen molar-refractivity contribution >= 4 is 23.2 Å². The molecule has 2 aliphatic carbocycles. The third-order valence-corrected chi connectivity index (χ3v) is 10.2. The molecule has 0 radical (unpaired) electrons. The van der Waals surface area contributed by atoms with E-state index in [0.717, 1.165) is 49.4 Å². The Morgan fingerprint density at radius 1 is 0.884 bits per heavy atom. The maximum absolute atomic E-state index is 14.3. The minimum Gasteiger partial charge on any atom is -0.382 e. The number of likely N-dealkylation sites (tertiary alicyclic amines) is 1. The predicted molar refractivity (Wildman–Crippen MR) is 159 cm³/mol. The first-order valence-corrected chi connectivity index (χ1v) is 15.9. The summed E-state index contributed by atoms with van der Waals surface area (Å²) < 4.78 is 46.5. The summed E-state index contributed by atoms with van der Waals surface area (Å²) in [7, 11) is 0.